The SMILES string of the molecule is Cc1ccc(N(C(N)=O)c2cccc3oc(CN4CCN(C(=O)N(C)C)CC4)nc23)cn1. The molecular weight excluding hydrogens is 410 g/mol. The topological polar surface area (TPSA) is 112 Å². The molecule has 0 aliphatic carbocycles. The number of anilines is 2. The minimum Gasteiger partial charge on any atom is -0.439 e. The fraction of sp³-hybridized carbons (Fsp3) is 0.364. The van der Waals surface area contributed by atoms with E-state index in [1.807, 2.05) is 24.0 Å². The Labute approximate surface area is 186 Å². The fourth-order valence-electron chi connectivity index (χ4n) is 3.78. The molecule has 4 rings (SSSR count). The molecule has 2 aromatic heterocycles. The van der Waals surface area contributed by atoms with Crippen molar-refractivity contribution in [2.75, 3.05) is 45.2 Å². The van der Waals surface area contributed by atoms with E-state index in [1.165, 1.54) is 4.90 Å². The van der Waals surface area contributed by atoms with E-state index in [4.69, 9.17) is 10.2 Å². The molecule has 3 aromatic rings. The molecule has 1 aliphatic heterocycles. The van der Waals surface area contributed by atoms with Gasteiger partial charge in [-0.2, -0.15) is 0 Å². The molecule has 3 heterocycles. The number of hydrogen-bond acceptors (Lipinski definition) is 6. The van der Waals surface area contributed by atoms with Crippen LogP contribution in [0.2, 0.25) is 0 Å². The van der Waals surface area contributed by atoms with Gasteiger partial charge in [-0.05, 0) is 31.2 Å². The summed E-state index contributed by atoms with van der Waals surface area (Å²) in [6.07, 6.45) is 1.61. The fourth-order valence-corrected chi connectivity index (χ4v) is 3.78. The Balaban J connectivity index is 1.55. The number of hydrogen-bond donors (Lipinski definition) is 1. The normalized spacial score (nSPS) is 14.5. The number of aryl methyl sites for hydroxylation is 1. The van der Waals surface area contributed by atoms with Gasteiger partial charge in [0.05, 0.1) is 24.1 Å². The van der Waals surface area contributed by atoms with Gasteiger partial charge in [0.1, 0.15) is 5.52 Å². The largest absolute Gasteiger partial charge is 0.439 e. The molecule has 4 amide bonds. The van der Waals surface area contributed by atoms with Gasteiger partial charge in [-0.25, -0.2) is 14.6 Å². The highest BCUT2D eigenvalue weighted by molar-refractivity contribution is 6.04. The summed E-state index contributed by atoms with van der Waals surface area (Å²) in [5.74, 6) is 0.547. The molecular formula is C22H27N7O3. The maximum Gasteiger partial charge on any atom is 0.324 e. The lowest BCUT2D eigenvalue weighted by Crippen LogP contribution is -2.51. The van der Waals surface area contributed by atoms with Crippen LogP contribution in [-0.2, 0) is 6.54 Å². The maximum absolute atomic E-state index is 12.3. The molecule has 10 heteroatoms. The van der Waals surface area contributed by atoms with Crippen LogP contribution in [0.15, 0.2) is 40.9 Å². The standard InChI is InChI=1S/C22H27N7O3/c1-15-7-8-16(13-24-15)29(21(23)30)17-5-4-6-18-20(17)25-19(32-18)14-27-9-11-28(12-10-27)22(31)26(2)3/h4-8,13H,9-12,14H2,1-3H3,(H2,23,30). The molecule has 1 aromatic carbocycles. The minimum absolute atomic E-state index is 0.0216. The highest BCUT2D eigenvalue weighted by Crippen LogP contribution is 2.32. The Morgan fingerprint density at radius 1 is 1.12 bits per heavy atom. The predicted octanol–water partition coefficient (Wildman–Crippen LogP) is 2.55. The molecule has 168 valence electrons. The van der Waals surface area contributed by atoms with Gasteiger partial charge in [0, 0.05) is 46.0 Å². The quantitative estimate of drug-likeness (QED) is 0.671. The predicted molar refractivity (Wildman–Crippen MR) is 121 cm³/mol. The minimum atomic E-state index is -0.630. The summed E-state index contributed by atoms with van der Waals surface area (Å²) >= 11 is 0. The van der Waals surface area contributed by atoms with Crippen molar-refractivity contribution in [3.05, 3.63) is 48.1 Å². The molecule has 1 saturated heterocycles. The zero-order chi connectivity index (χ0) is 22.8. The average Bonchev–Trinajstić information content (AvgIpc) is 3.18. The van der Waals surface area contributed by atoms with E-state index >= 15 is 0 Å². The Kier molecular flexibility index (Phi) is 5.95. The maximum atomic E-state index is 12.3. The van der Waals surface area contributed by atoms with Crippen LogP contribution < -0.4 is 10.6 Å². The third kappa shape index (κ3) is 4.35. The van der Waals surface area contributed by atoms with E-state index in [2.05, 4.69) is 14.9 Å². The molecule has 2 N–H and O–H groups in total. The number of fused-ring (bicyclic) bond motifs is 1. The highest BCUT2D eigenvalue weighted by Gasteiger charge is 2.25. The van der Waals surface area contributed by atoms with E-state index in [0.29, 0.717) is 48.0 Å². The van der Waals surface area contributed by atoms with Crippen LogP contribution in [0.5, 0.6) is 0 Å². The monoisotopic (exact) mass is 437 g/mol. The number of amides is 4. The molecule has 0 saturated carbocycles. The van der Waals surface area contributed by atoms with Crippen molar-refractivity contribution < 1.29 is 14.0 Å². The third-order valence-corrected chi connectivity index (χ3v) is 5.44. The molecule has 0 spiro atoms. The second-order valence-corrected chi connectivity index (χ2v) is 8.00. The van der Waals surface area contributed by atoms with E-state index < -0.39 is 6.03 Å². The summed E-state index contributed by atoms with van der Waals surface area (Å²) in [4.78, 5) is 40.4. The Hall–Kier alpha value is -3.66. The van der Waals surface area contributed by atoms with Crippen LogP contribution in [0.3, 0.4) is 0 Å². The van der Waals surface area contributed by atoms with Crippen molar-refractivity contribution in [1.29, 1.82) is 0 Å². The molecule has 0 atom stereocenters. The number of aromatic nitrogens is 2. The molecule has 1 aliphatic rings. The number of benzene rings is 1. The second-order valence-electron chi connectivity index (χ2n) is 8.00. The van der Waals surface area contributed by atoms with Crippen LogP contribution in [0.25, 0.3) is 11.1 Å². The van der Waals surface area contributed by atoms with Gasteiger partial charge in [0.25, 0.3) is 0 Å². The van der Waals surface area contributed by atoms with Crippen molar-refractivity contribution in [3.63, 3.8) is 0 Å². The van der Waals surface area contributed by atoms with Crippen molar-refractivity contribution >= 4 is 34.5 Å². The van der Waals surface area contributed by atoms with Crippen LogP contribution in [0.1, 0.15) is 11.6 Å². The number of carbonyl (C=O) groups is 2. The number of piperazine rings is 1. The van der Waals surface area contributed by atoms with Crippen LogP contribution in [-0.4, -0.2) is 77.0 Å². The first-order valence-electron chi connectivity index (χ1n) is 10.4. The summed E-state index contributed by atoms with van der Waals surface area (Å²) in [5.41, 5.74) is 8.77. The molecule has 10 nitrogen and oxygen atoms in total. The molecule has 0 radical (unpaired) electrons. The number of primary amides is 1. The summed E-state index contributed by atoms with van der Waals surface area (Å²) in [6, 6.07) is 8.40. The number of carbonyl (C=O) groups excluding carboxylic acids is 2. The lowest BCUT2D eigenvalue weighted by molar-refractivity contribution is 0.115. The first-order chi connectivity index (χ1) is 15.3. The van der Waals surface area contributed by atoms with E-state index in [-0.39, 0.29) is 6.03 Å². The summed E-state index contributed by atoms with van der Waals surface area (Å²) in [5, 5.41) is 0. The molecule has 0 unspecified atom stereocenters. The lowest BCUT2D eigenvalue weighted by atomic mass is 10.2. The number of urea groups is 2. The second kappa shape index (κ2) is 8.83. The smallest absolute Gasteiger partial charge is 0.324 e. The van der Waals surface area contributed by atoms with Crippen molar-refractivity contribution in [1.82, 2.24) is 24.7 Å². The van der Waals surface area contributed by atoms with E-state index in [0.717, 1.165) is 18.8 Å². The third-order valence-electron chi connectivity index (χ3n) is 5.44. The van der Waals surface area contributed by atoms with Crippen LogP contribution >= 0.6 is 0 Å². The van der Waals surface area contributed by atoms with Crippen molar-refractivity contribution in [2.24, 2.45) is 5.73 Å². The zero-order valence-electron chi connectivity index (χ0n) is 18.5. The number of nitrogens with two attached hydrogens (primary N) is 1. The number of nitrogens with zero attached hydrogens (tertiary/aromatic N) is 6. The van der Waals surface area contributed by atoms with Gasteiger partial charge in [-0.15, -0.1) is 0 Å². The Morgan fingerprint density at radius 2 is 1.88 bits per heavy atom. The Bertz CT molecular complexity index is 1120. The molecule has 1 fully saturated rings. The lowest BCUT2D eigenvalue weighted by Gasteiger charge is -2.35. The van der Waals surface area contributed by atoms with Gasteiger partial charge in [-0.1, -0.05) is 6.07 Å². The van der Waals surface area contributed by atoms with Crippen molar-refractivity contribution in [2.45, 2.75) is 13.5 Å². The number of para-hydroxylation sites is 1. The first-order valence-corrected chi connectivity index (χ1v) is 10.4. The zero-order valence-corrected chi connectivity index (χ0v) is 18.5. The Morgan fingerprint density at radius 3 is 2.50 bits per heavy atom. The summed E-state index contributed by atoms with van der Waals surface area (Å²) in [6.45, 7) is 5.15. The van der Waals surface area contributed by atoms with Gasteiger partial charge in [-0.3, -0.25) is 14.8 Å². The highest BCUT2D eigenvalue weighted by atomic mass is 16.3. The van der Waals surface area contributed by atoms with Crippen molar-refractivity contribution in [3.8, 4) is 0 Å². The van der Waals surface area contributed by atoms with E-state index in [1.54, 1.807) is 43.4 Å². The number of oxazole rings is 1. The summed E-state index contributed by atoms with van der Waals surface area (Å²) in [7, 11) is 3.51. The number of rotatable bonds is 4. The van der Waals surface area contributed by atoms with Gasteiger partial charge in [0.15, 0.2) is 5.58 Å². The summed E-state index contributed by atoms with van der Waals surface area (Å²) < 4.78 is 5.97. The van der Waals surface area contributed by atoms with Crippen LogP contribution in [0, 0.1) is 6.92 Å². The molecule has 32 heavy (non-hydrogen) atoms. The average molecular weight is 438 g/mol. The van der Waals surface area contributed by atoms with Crippen LogP contribution in [0.4, 0.5) is 21.0 Å². The van der Waals surface area contributed by atoms with Gasteiger partial charge >= 0.3 is 12.1 Å². The van der Waals surface area contributed by atoms with Gasteiger partial charge in [0.2, 0.25) is 5.89 Å². The number of pyridine rings is 1. The van der Waals surface area contributed by atoms with Gasteiger partial charge < -0.3 is 20.0 Å². The van der Waals surface area contributed by atoms with E-state index in [9.17, 15) is 9.59 Å². The first kappa shape index (κ1) is 21.6. The molecule has 0 bridgehead atoms.